The van der Waals surface area contributed by atoms with E-state index in [1.807, 2.05) is 27.7 Å². The van der Waals surface area contributed by atoms with Crippen molar-refractivity contribution in [3.05, 3.63) is 0 Å². The average Bonchev–Trinajstić information content (AvgIpc) is 2.53. The van der Waals surface area contributed by atoms with Crippen molar-refractivity contribution in [3.63, 3.8) is 0 Å². The van der Waals surface area contributed by atoms with E-state index in [2.05, 4.69) is 6.92 Å². The molecule has 4 nitrogen and oxygen atoms in total. The third kappa shape index (κ3) is 14.9. The fraction of sp³-hybridized carbons (Fsp3) is 0.905. The van der Waals surface area contributed by atoms with Crippen molar-refractivity contribution in [2.45, 2.75) is 111 Å². The van der Waals surface area contributed by atoms with Gasteiger partial charge in [0.2, 0.25) is 0 Å². The predicted molar refractivity (Wildman–Crippen MR) is 102 cm³/mol. The van der Waals surface area contributed by atoms with Crippen LogP contribution in [-0.4, -0.2) is 24.6 Å². The minimum atomic E-state index is -0.182. The van der Waals surface area contributed by atoms with Gasteiger partial charge in [0, 0.05) is 12.8 Å². The maximum Gasteiger partial charge on any atom is 0.306 e. The van der Waals surface area contributed by atoms with Crippen molar-refractivity contribution < 1.29 is 19.1 Å². The van der Waals surface area contributed by atoms with Crippen LogP contribution in [-0.2, 0) is 19.1 Å². The summed E-state index contributed by atoms with van der Waals surface area (Å²) in [6.45, 7) is 10.8. The third-order valence-electron chi connectivity index (χ3n) is 4.55. The molecule has 1 atom stereocenters. The summed E-state index contributed by atoms with van der Waals surface area (Å²) in [6.07, 6.45) is 10.5. The van der Waals surface area contributed by atoms with Gasteiger partial charge in [-0.15, -0.1) is 0 Å². The van der Waals surface area contributed by atoms with E-state index < -0.39 is 0 Å². The van der Waals surface area contributed by atoms with E-state index in [-0.39, 0.29) is 23.5 Å². The summed E-state index contributed by atoms with van der Waals surface area (Å²) in [4.78, 5) is 23.4. The lowest BCUT2D eigenvalue weighted by Crippen LogP contribution is -2.28. The first-order valence-corrected chi connectivity index (χ1v) is 10.1. The molecule has 0 bridgehead atoms. The highest BCUT2D eigenvalue weighted by atomic mass is 16.5. The summed E-state index contributed by atoms with van der Waals surface area (Å²) in [5, 5.41) is 0. The van der Waals surface area contributed by atoms with Crippen LogP contribution in [0.15, 0.2) is 0 Å². The molecule has 0 saturated carbocycles. The average molecular weight is 357 g/mol. The van der Waals surface area contributed by atoms with Gasteiger partial charge in [-0.05, 0) is 31.6 Å². The third-order valence-corrected chi connectivity index (χ3v) is 4.55. The van der Waals surface area contributed by atoms with Crippen LogP contribution in [0.2, 0.25) is 0 Å². The normalized spacial score (nSPS) is 12.7. The molecule has 4 heteroatoms. The van der Waals surface area contributed by atoms with Crippen LogP contribution >= 0.6 is 0 Å². The Morgan fingerprint density at radius 1 is 0.800 bits per heavy atom. The summed E-state index contributed by atoms with van der Waals surface area (Å²) in [7, 11) is 0. The van der Waals surface area contributed by atoms with Gasteiger partial charge >= 0.3 is 11.9 Å². The molecular formula is C21H40O4. The summed E-state index contributed by atoms with van der Waals surface area (Å²) in [6, 6.07) is 0. The Hall–Kier alpha value is -1.06. The Morgan fingerprint density at radius 3 is 1.88 bits per heavy atom. The molecule has 0 fully saturated rings. The number of carbonyl (C=O) groups excluding carboxylic acids is 2. The quantitative estimate of drug-likeness (QED) is 0.291. The van der Waals surface area contributed by atoms with Crippen molar-refractivity contribution >= 4 is 11.9 Å². The molecule has 1 unspecified atom stereocenters. The van der Waals surface area contributed by atoms with Crippen molar-refractivity contribution in [3.8, 4) is 0 Å². The molecule has 0 radical (unpaired) electrons. The second-order valence-electron chi connectivity index (χ2n) is 8.05. The minimum Gasteiger partial charge on any atom is -0.466 e. The van der Waals surface area contributed by atoms with Gasteiger partial charge in [0.25, 0.3) is 0 Å². The van der Waals surface area contributed by atoms with E-state index in [1.165, 1.54) is 32.1 Å². The lowest BCUT2D eigenvalue weighted by Gasteiger charge is -2.26. The molecule has 148 valence electrons. The minimum absolute atomic E-state index is 0.0462. The summed E-state index contributed by atoms with van der Waals surface area (Å²) < 4.78 is 10.6. The number of ether oxygens (including phenoxy) is 2. The Balaban J connectivity index is 3.51. The van der Waals surface area contributed by atoms with Crippen LogP contribution in [0.3, 0.4) is 0 Å². The first-order chi connectivity index (χ1) is 11.8. The van der Waals surface area contributed by atoms with Crippen LogP contribution in [0, 0.1) is 5.41 Å². The van der Waals surface area contributed by atoms with Crippen LogP contribution in [0.5, 0.6) is 0 Å². The summed E-state index contributed by atoms with van der Waals surface area (Å²) >= 11 is 0. The monoisotopic (exact) mass is 356 g/mol. The Kier molecular flexibility index (Phi) is 13.5. The Morgan fingerprint density at radius 2 is 1.32 bits per heavy atom. The van der Waals surface area contributed by atoms with Gasteiger partial charge in [0.15, 0.2) is 0 Å². The zero-order valence-corrected chi connectivity index (χ0v) is 17.2. The van der Waals surface area contributed by atoms with E-state index in [1.54, 1.807) is 0 Å². The van der Waals surface area contributed by atoms with Crippen molar-refractivity contribution in [2.75, 3.05) is 6.61 Å². The number of unbranched alkanes of at least 4 members (excludes halogenated alkanes) is 7. The first kappa shape index (κ1) is 23.9. The lowest BCUT2D eigenvalue weighted by molar-refractivity contribution is -0.153. The Labute approximate surface area is 155 Å². The molecular weight excluding hydrogens is 316 g/mol. The van der Waals surface area contributed by atoms with Gasteiger partial charge in [0.1, 0.15) is 6.10 Å². The van der Waals surface area contributed by atoms with E-state index >= 15 is 0 Å². The van der Waals surface area contributed by atoms with Gasteiger partial charge in [-0.25, -0.2) is 0 Å². The van der Waals surface area contributed by atoms with Gasteiger partial charge in [-0.3, -0.25) is 9.59 Å². The molecule has 0 rings (SSSR count). The second kappa shape index (κ2) is 14.1. The molecule has 0 aliphatic heterocycles. The van der Waals surface area contributed by atoms with Gasteiger partial charge in [-0.2, -0.15) is 0 Å². The van der Waals surface area contributed by atoms with E-state index in [0.29, 0.717) is 32.3 Å². The highest BCUT2D eigenvalue weighted by Gasteiger charge is 2.23. The van der Waals surface area contributed by atoms with E-state index in [9.17, 15) is 9.59 Å². The zero-order valence-electron chi connectivity index (χ0n) is 17.2. The molecule has 25 heavy (non-hydrogen) atoms. The topological polar surface area (TPSA) is 52.6 Å². The van der Waals surface area contributed by atoms with Crippen LogP contribution < -0.4 is 0 Å². The first-order valence-electron chi connectivity index (χ1n) is 10.1. The number of carbonyl (C=O) groups is 2. The second-order valence-corrected chi connectivity index (χ2v) is 8.05. The van der Waals surface area contributed by atoms with Gasteiger partial charge < -0.3 is 9.47 Å². The molecule has 0 aliphatic rings. The molecule has 0 heterocycles. The van der Waals surface area contributed by atoms with E-state index in [0.717, 1.165) is 12.8 Å². The number of hydrogen-bond acceptors (Lipinski definition) is 4. The van der Waals surface area contributed by atoms with Gasteiger partial charge in [0.05, 0.1) is 6.61 Å². The fourth-order valence-electron chi connectivity index (χ4n) is 2.29. The van der Waals surface area contributed by atoms with Crippen molar-refractivity contribution in [2.24, 2.45) is 5.41 Å². The molecule has 0 saturated heterocycles. The zero-order chi connectivity index (χ0) is 19.1. The lowest BCUT2D eigenvalue weighted by atomic mass is 9.90. The van der Waals surface area contributed by atoms with Crippen LogP contribution in [0.4, 0.5) is 0 Å². The molecule has 0 aromatic rings. The number of esters is 2. The highest BCUT2D eigenvalue weighted by Crippen LogP contribution is 2.22. The van der Waals surface area contributed by atoms with Gasteiger partial charge in [-0.1, -0.05) is 66.2 Å². The highest BCUT2D eigenvalue weighted by molar-refractivity contribution is 5.70. The van der Waals surface area contributed by atoms with E-state index in [4.69, 9.17) is 9.47 Å². The summed E-state index contributed by atoms with van der Waals surface area (Å²) in [5.74, 6) is -0.332. The summed E-state index contributed by atoms with van der Waals surface area (Å²) in [5.41, 5.74) is -0.0462. The molecule has 0 amide bonds. The maximum absolute atomic E-state index is 11.7. The molecule has 0 aromatic heterocycles. The van der Waals surface area contributed by atoms with Crippen LogP contribution in [0.25, 0.3) is 0 Å². The molecule has 0 N–H and O–H groups in total. The largest absolute Gasteiger partial charge is 0.466 e. The fourth-order valence-corrected chi connectivity index (χ4v) is 2.29. The smallest absolute Gasteiger partial charge is 0.306 e. The Bertz CT molecular complexity index is 357. The van der Waals surface area contributed by atoms with Crippen molar-refractivity contribution in [1.82, 2.24) is 0 Å². The molecule has 0 spiro atoms. The molecule has 0 aliphatic carbocycles. The molecule has 0 aromatic carbocycles. The van der Waals surface area contributed by atoms with Crippen LogP contribution in [0.1, 0.15) is 105 Å². The predicted octanol–water partition coefficient (Wildman–Crippen LogP) is 5.82. The maximum atomic E-state index is 11.7. The SMILES string of the molecule is CCCCCCCCCOC(=O)CCCCC(=O)OC(C)C(C)(C)C. The standard InChI is InChI=1S/C21H40O4/c1-6-7-8-9-10-11-14-17-24-19(22)15-12-13-16-20(23)25-18(2)21(3,4)5/h18H,6-17H2,1-5H3. The van der Waals surface area contributed by atoms with Crippen molar-refractivity contribution in [1.29, 1.82) is 0 Å². The number of rotatable bonds is 14. The number of hydrogen-bond donors (Lipinski definition) is 0.